The molecule has 0 saturated carbocycles. The lowest BCUT2D eigenvalue weighted by Crippen LogP contribution is -2.51. The molecule has 0 radical (unpaired) electrons. The van der Waals surface area contributed by atoms with E-state index in [4.69, 9.17) is 4.74 Å². The number of carbonyl (C=O) groups is 2. The van der Waals surface area contributed by atoms with Crippen molar-refractivity contribution in [2.45, 2.75) is 6.42 Å². The fourth-order valence-corrected chi connectivity index (χ4v) is 3.99. The molecule has 1 fully saturated rings. The second-order valence-electron chi connectivity index (χ2n) is 7.34. The highest BCUT2D eigenvalue weighted by molar-refractivity contribution is 7.14. The van der Waals surface area contributed by atoms with Crippen LogP contribution in [0, 0.1) is 5.82 Å². The Kier molecular flexibility index (Phi) is 8.89. The van der Waals surface area contributed by atoms with Gasteiger partial charge < -0.3 is 15.4 Å². The van der Waals surface area contributed by atoms with Gasteiger partial charge in [-0.05, 0) is 30.7 Å². The van der Waals surface area contributed by atoms with Gasteiger partial charge in [0.1, 0.15) is 5.82 Å². The van der Waals surface area contributed by atoms with Crippen molar-refractivity contribution in [1.82, 2.24) is 20.1 Å². The number of thiazole rings is 1. The first-order chi connectivity index (χ1) is 15.0. The van der Waals surface area contributed by atoms with Crippen molar-refractivity contribution in [2.75, 3.05) is 64.8 Å². The van der Waals surface area contributed by atoms with E-state index in [0.717, 1.165) is 38.2 Å². The number of piperazine rings is 1. The zero-order chi connectivity index (χ0) is 22.1. The predicted octanol–water partition coefficient (Wildman–Crippen LogP) is 1.66. The number of amides is 2. The quantitative estimate of drug-likeness (QED) is 0.537. The molecule has 2 amide bonds. The van der Waals surface area contributed by atoms with E-state index in [1.165, 1.54) is 23.5 Å². The minimum absolute atomic E-state index is 0.0167. The van der Waals surface area contributed by atoms with Gasteiger partial charge in [-0.1, -0.05) is 0 Å². The maximum absolute atomic E-state index is 13.1. The van der Waals surface area contributed by atoms with Crippen LogP contribution >= 0.6 is 11.3 Å². The molecule has 0 spiro atoms. The van der Waals surface area contributed by atoms with Crippen molar-refractivity contribution in [3.05, 3.63) is 35.5 Å². The normalized spacial score (nSPS) is 15.0. The van der Waals surface area contributed by atoms with Gasteiger partial charge >= 0.3 is 0 Å². The zero-order valence-electron chi connectivity index (χ0n) is 17.6. The van der Waals surface area contributed by atoms with E-state index in [9.17, 15) is 14.0 Å². The Labute approximate surface area is 185 Å². The summed E-state index contributed by atoms with van der Waals surface area (Å²) in [5.74, 6) is -0.400. The van der Waals surface area contributed by atoms with Crippen molar-refractivity contribution < 1.29 is 18.7 Å². The number of aromatic nitrogens is 1. The summed E-state index contributed by atoms with van der Waals surface area (Å²) < 4.78 is 18.0. The topological polar surface area (TPSA) is 86.8 Å². The second-order valence-corrected chi connectivity index (χ2v) is 8.20. The maximum Gasteiger partial charge on any atom is 0.240 e. The average molecular weight is 450 g/mol. The molecule has 2 heterocycles. The van der Waals surface area contributed by atoms with Crippen LogP contribution < -0.4 is 10.6 Å². The van der Waals surface area contributed by atoms with E-state index in [2.05, 4.69) is 25.4 Å². The fraction of sp³-hybridized carbons (Fsp3) is 0.476. The van der Waals surface area contributed by atoms with Crippen LogP contribution in [0.2, 0.25) is 0 Å². The summed E-state index contributed by atoms with van der Waals surface area (Å²) in [7, 11) is 1.64. The first kappa shape index (κ1) is 23.3. The summed E-state index contributed by atoms with van der Waals surface area (Å²) in [5.41, 5.74) is 1.51. The van der Waals surface area contributed by atoms with Gasteiger partial charge in [0.25, 0.3) is 0 Å². The van der Waals surface area contributed by atoms with Crippen LogP contribution in [0.1, 0.15) is 6.42 Å². The number of rotatable bonds is 10. The van der Waals surface area contributed by atoms with Gasteiger partial charge in [0.2, 0.25) is 11.8 Å². The number of hydrogen-bond acceptors (Lipinski definition) is 7. The van der Waals surface area contributed by atoms with E-state index >= 15 is 0 Å². The smallest absolute Gasteiger partial charge is 0.240 e. The zero-order valence-corrected chi connectivity index (χ0v) is 18.4. The number of halogens is 1. The first-order valence-electron chi connectivity index (χ1n) is 10.2. The molecule has 0 atom stereocenters. The molecule has 8 nitrogen and oxygen atoms in total. The summed E-state index contributed by atoms with van der Waals surface area (Å²) in [6.45, 7) is 4.84. The maximum atomic E-state index is 13.1. The summed E-state index contributed by atoms with van der Waals surface area (Å²) in [4.78, 5) is 32.9. The van der Waals surface area contributed by atoms with Crippen LogP contribution in [0.4, 0.5) is 9.52 Å². The molecule has 168 valence electrons. The predicted molar refractivity (Wildman–Crippen MR) is 119 cm³/mol. The SMILES string of the molecule is COCCCNC(=O)CN1CCN(CC(=O)Nc2nc(-c3ccc(F)cc3)cs2)CC1. The molecule has 0 aliphatic carbocycles. The van der Waals surface area contributed by atoms with Crippen LogP contribution in [0.3, 0.4) is 0 Å². The highest BCUT2D eigenvalue weighted by Crippen LogP contribution is 2.25. The number of hydrogen-bond donors (Lipinski definition) is 2. The molecule has 0 bridgehead atoms. The molecular formula is C21H28FN5O3S. The molecule has 2 N–H and O–H groups in total. The molecule has 2 aromatic rings. The monoisotopic (exact) mass is 449 g/mol. The Morgan fingerprint density at radius 3 is 2.39 bits per heavy atom. The van der Waals surface area contributed by atoms with E-state index in [0.29, 0.717) is 30.5 Å². The third kappa shape index (κ3) is 7.66. The van der Waals surface area contributed by atoms with Crippen LogP contribution in [0.5, 0.6) is 0 Å². The van der Waals surface area contributed by atoms with E-state index in [1.807, 2.05) is 5.38 Å². The van der Waals surface area contributed by atoms with Crippen LogP contribution in [-0.4, -0.2) is 86.1 Å². The molecule has 0 unspecified atom stereocenters. The van der Waals surface area contributed by atoms with Crippen LogP contribution in [-0.2, 0) is 14.3 Å². The molecule has 1 saturated heterocycles. The van der Waals surface area contributed by atoms with Gasteiger partial charge in [-0.2, -0.15) is 0 Å². The van der Waals surface area contributed by atoms with Gasteiger partial charge in [0, 0.05) is 57.4 Å². The minimum atomic E-state index is -0.296. The summed E-state index contributed by atoms with van der Waals surface area (Å²) in [6.07, 6.45) is 0.801. The Morgan fingerprint density at radius 2 is 1.74 bits per heavy atom. The molecule has 1 aromatic heterocycles. The fourth-order valence-electron chi connectivity index (χ4n) is 3.26. The lowest BCUT2D eigenvalue weighted by Gasteiger charge is -2.33. The van der Waals surface area contributed by atoms with E-state index in [1.54, 1.807) is 19.2 Å². The Balaban J connectivity index is 1.36. The second kappa shape index (κ2) is 11.8. The standard InChI is InChI=1S/C21H28FN5O3S/c1-30-12-2-7-23-19(28)13-26-8-10-27(11-9-26)14-20(29)25-21-24-18(15-31-21)16-3-5-17(22)6-4-16/h3-6,15H,2,7-14H2,1H3,(H,23,28)(H,24,25,29). The lowest BCUT2D eigenvalue weighted by atomic mass is 10.2. The molecule has 1 aliphatic heterocycles. The highest BCUT2D eigenvalue weighted by Gasteiger charge is 2.21. The number of carbonyl (C=O) groups excluding carboxylic acids is 2. The number of ether oxygens (including phenoxy) is 1. The van der Waals surface area contributed by atoms with Crippen molar-refractivity contribution in [3.8, 4) is 11.3 Å². The summed E-state index contributed by atoms with van der Waals surface area (Å²) in [6, 6.07) is 6.10. The molecule has 31 heavy (non-hydrogen) atoms. The van der Waals surface area contributed by atoms with E-state index in [-0.39, 0.29) is 24.2 Å². The molecule has 1 aliphatic rings. The summed E-state index contributed by atoms with van der Waals surface area (Å²) >= 11 is 1.34. The first-order valence-corrected chi connectivity index (χ1v) is 11.1. The van der Waals surface area contributed by atoms with Crippen molar-refractivity contribution in [1.29, 1.82) is 0 Å². The number of nitrogens with one attached hydrogen (secondary N) is 2. The van der Waals surface area contributed by atoms with Crippen LogP contribution in [0.15, 0.2) is 29.6 Å². The largest absolute Gasteiger partial charge is 0.385 e. The summed E-state index contributed by atoms with van der Waals surface area (Å²) in [5, 5.41) is 8.08. The number of nitrogens with zero attached hydrogens (tertiary/aromatic N) is 3. The molecule has 1 aromatic carbocycles. The third-order valence-corrected chi connectivity index (χ3v) is 5.69. The van der Waals surface area contributed by atoms with Crippen LogP contribution in [0.25, 0.3) is 11.3 Å². The van der Waals surface area contributed by atoms with Crippen molar-refractivity contribution >= 4 is 28.3 Å². The third-order valence-electron chi connectivity index (χ3n) is 4.94. The van der Waals surface area contributed by atoms with Crippen molar-refractivity contribution in [3.63, 3.8) is 0 Å². The Hall–Kier alpha value is -2.40. The van der Waals surface area contributed by atoms with Gasteiger partial charge in [0.05, 0.1) is 18.8 Å². The molecule has 3 rings (SSSR count). The van der Waals surface area contributed by atoms with E-state index < -0.39 is 0 Å². The molecule has 10 heteroatoms. The Morgan fingerprint density at radius 1 is 1.10 bits per heavy atom. The Bertz CT molecular complexity index is 853. The number of methoxy groups -OCH3 is 1. The van der Waals surface area contributed by atoms with Gasteiger partial charge in [-0.15, -0.1) is 11.3 Å². The van der Waals surface area contributed by atoms with Crippen molar-refractivity contribution in [2.24, 2.45) is 0 Å². The lowest BCUT2D eigenvalue weighted by molar-refractivity contribution is -0.123. The van der Waals surface area contributed by atoms with Gasteiger partial charge in [0.15, 0.2) is 5.13 Å². The minimum Gasteiger partial charge on any atom is -0.385 e. The van der Waals surface area contributed by atoms with Gasteiger partial charge in [-0.3, -0.25) is 19.4 Å². The van der Waals surface area contributed by atoms with Gasteiger partial charge in [-0.25, -0.2) is 9.37 Å². The average Bonchev–Trinajstić information content (AvgIpc) is 3.21. The number of benzene rings is 1. The molecular weight excluding hydrogens is 421 g/mol. The highest BCUT2D eigenvalue weighted by atomic mass is 32.1. The number of anilines is 1.